The van der Waals surface area contributed by atoms with Gasteiger partial charge in [-0.15, -0.1) is 0 Å². The molecule has 42 heavy (non-hydrogen) atoms. The number of urea groups is 1. The van der Waals surface area contributed by atoms with Crippen LogP contribution in [0.2, 0.25) is 0 Å². The van der Waals surface area contributed by atoms with Gasteiger partial charge in [0.25, 0.3) is 5.56 Å². The molecule has 1 fully saturated rings. The van der Waals surface area contributed by atoms with Crippen molar-refractivity contribution in [1.29, 1.82) is 0 Å². The van der Waals surface area contributed by atoms with Crippen LogP contribution in [0.5, 0.6) is 5.75 Å². The number of hydrogen-bond donors (Lipinski definition) is 4. The normalized spacial score (nSPS) is 14.5. The maximum Gasteiger partial charge on any atom is 0.416 e. The molecule has 0 aliphatic carbocycles. The minimum absolute atomic E-state index is 0.0466. The fourth-order valence-electron chi connectivity index (χ4n) is 4.47. The van der Waals surface area contributed by atoms with E-state index in [1.54, 1.807) is 6.92 Å². The first kappa shape index (κ1) is 30.9. The van der Waals surface area contributed by atoms with Gasteiger partial charge in [-0.3, -0.25) is 9.69 Å². The Morgan fingerprint density at radius 2 is 1.81 bits per heavy atom. The summed E-state index contributed by atoms with van der Waals surface area (Å²) >= 11 is 0. The Labute approximate surface area is 238 Å². The topological polar surface area (TPSA) is 136 Å². The fraction of sp³-hybridized carbons (Fsp3) is 0.407. The van der Waals surface area contributed by atoms with E-state index >= 15 is 0 Å². The molecule has 1 saturated heterocycles. The molecule has 3 heterocycles. The van der Waals surface area contributed by atoms with Gasteiger partial charge in [0.05, 0.1) is 35.4 Å². The lowest BCUT2D eigenvalue weighted by atomic mass is 10.0. The molecule has 0 saturated carbocycles. The third-order valence-electron chi connectivity index (χ3n) is 6.76. The minimum Gasteiger partial charge on any atom is -0.485 e. The number of anilines is 2. The van der Waals surface area contributed by atoms with Gasteiger partial charge in [-0.2, -0.15) is 13.2 Å². The number of aromatic amines is 1. The first-order chi connectivity index (χ1) is 20.0. The van der Waals surface area contributed by atoms with Crippen molar-refractivity contribution in [2.24, 2.45) is 0 Å². The summed E-state index contributed by atoms with van der Waals surface area (Å²) in [5.74, 6) is -0.869. The average molecular weight is 594 g/mol. The quantitative estimate of drug-likeness (QED) is 0.277. The van der Waals surface area contributed by atoms with Crippen LogP contribution in [0, 0.1) is 12.7 Å². The maximum atomic E-state index is 14.9. The number of carbonyl (C=O) groups is 1. The molecule has 2 aromatic heterocycles. The lowest BCUT2D eigenvalue weighted by Crippen LogP contribution is -2.45. The SMILES string of the molecule is CCN1CCN(Cc2cc(F)c(NC(=O)Nc3cnc(-c4c[nH]c(=O)c(OCCO)c4)nc3C)cc2C(F)(F)F)CC1. The van der Waals surface area contributed by atoms with Crippen molar-refractivity contribution >= 4 is 17.4 Å². The number of halogens is 4. The number of rotatable bonds is 9. The summed E-state index contributed by atoms with van der Waals surface area (Å²) in [6, 6.07) is 1.81. The number of carbonyl (C=O) groups excluding carboxylic acids is 1. The van der Waals surface area contributed by atoms with Crippen molar-refractivity contribution < 1.29 is 32.2 Å². The van der Waals surface area contributed by atoms with Crippen molar-refractivity contribution in [2.45, 2.75) is 26.6 Å². The number of aliphatic hydroxyl groups is 1. The van der Waals surface area contributed by atoms with E-state index < -0.39 is 34.8 Å². The second-order valence-corrected chi connectivity index (χ2v) is 9.62. The highest BCUT2D eigenvalue weighted by atomic mass is 19.4. The Morgan fingerprint density at radius 1 is 1.12 bits per heavy atom. The molecule has 1 aliphatic heterocycles. The van der Waals surface area contributed by atoms with Gasteiger partial charge in [0, 0.05) is 44.5 Å². The smallest absolute Gasteiger partial charge is 0.416 e. The molecule has 226 valence electrons. The molecule has 11 nitrogen and oxygen atoms in total. The van der Waals surface area contributed by atoms with E-state index in [2.05, 4.69) is 30.5 Å². The monoisotopic (exact) mass is 593 g/mol. The standard InChI is InChI=1S/C27H31F4N7O4/c1-3-37-4-6-38(7-5-37)15-18-10-20(28)21(12-19(18)27(29,30)31)35-26(41)36-22-14-32-24(34-16(22)2)17-11-23(42-9-8-39)25(40)33-13-17/h10-14,39H,3-9,15H2,1-2H3,(H,33,40)(H2,35,36,41). The lowest BCUT2D eigenvalue weighted by Gasteiger charge is -2.34. The number of benzene rings is 1. The molecule has 0 radical (unpaired) electrons. The zero-order chi connectivity index (χ0) is 30.4. The summed E-state index contributed by atoms with van der Waals surface area (Å²) in [5, 5.41) is 13.5. The number of H-pyrrole nitrogens is 1. The molecule has 15 heteroatoms. The van der Waals surface area contributed by atoms with E-state index in [0.29, 0.717) is 24.7 Å². The second kappa shape index (κ2) is 13.3. The number of aliphatic hydroxyl groups excluding tert-OH is 1. The first-order valence-electron chi connectivity index (χ1n) is 13.2. The van der Waals surface area contributed by atoms with Gasteiger partial charge in [0.2, 0.25) is 0 Å². The number of pyridine rings is 1. The molecule has 0 atom stereocenters. The molecule has 2 amide bonds. The van der Waals surface area contributed by atoms with Gasteiger partial charge in [-0.1, -0.05) is 6.92 Å². The summed E-state index contributed by atoms with van der Waals surface area (Å²) in [4.78, 5) is 39.5. The molecule has 4 rings (SSSR count). The average Bonchev–Trinajstić information content (AvgIpc) is 2.95. The highest BCUT2D eigenvalue weighted by Crippen LogP contribution is 2.36. The molecule has 3 aromatic rings. The summed E-state index contributed by atoms with van der Waals surface area (Å²) in [6.07, 6.45) is -2.14. The van der Waals surface area contributed by atoms with Gasteiger partial charge in [0.1, 0.15) is 12.4 Å². The number of likely N-dealkylation sites (N-methyl/N-ethyl adjacent to an activating group) is 1. The summed E-state index contributed by atoms with van der Waals surface area (Å²) in [6.45, 7) is 6.54. The molecule has 0 bridgehead atoms. The highest BCUT2D eigenvalue weighted by molar-refractivity contribution is 6.00. The van der Waals surface area contributed by atoms with Gasteiger partial charge < -0.3 is 30.4 Å². The number of nitrogens with one attached hydrogen (secondary N) is 3. The molecule has 0 unspecified atom stereocenters. The van der Waals surface area contributed by atoms with Crippen molar-refractivity contribution in [3.05, 3.63) is 63.6 Å². The Morgan fingerprint density at radius 3 is 2.45 bits per heavy atom. The number of aryl methyl sites for hydroxylation is 1. The Kier molecular flexibility index (Phi) is 9.75. The molecular weight excluding hydrogens is 562 g/mol. The van der Waals surface area contributed by atoms with Crippen molar-refractivity contribution in [3.8, 4) is 17.1 Å². The number of alkyl halides is 3. The number of aromatic nitrogens is 3. The first-order valence-corrected chi connectivity index (χ1v) is 13.2. The highest BCUT2D eigenvalue weighted by Gasteiger charge is 2.35. The molecular formula is C27H31F4N7O4. The Balaban J connectivity index is 1.48. The summed E-state index contributed by atoms with van der Waals surface area (Å²) in [7, 11) is 0. The van der Waals surface area contributed by atoms with E-state index in [4.69, 9.17) is 9.84 Å². The summed E-state index contributed by atoms with van der Waals surface area (Å²) < 4.78 is 61.9. The number of nitrogens with zero attached hydrogens (tertiary/aromatic N) is 4. The van der Waals surface area contributed by atoms with Gasteiger partial charge >= 0.3 is 12.2 Å². The van der Waals surface area contributed by atoms with Crippen LogP contribution in [0.4, 0.5) is 33.7 Å². The van der Waals surface area contributed by atoms with Crippen LogP contribution in [0.3, 0.4) is 0 Å². The van der Waals surface area contributed by atoms with E-state index in [1.165, 1.54) is 18.5 Å². The zero-order valence-electron chi connectivity index (χ0n) is 23.0. The van der Waals surface area contributed by atoms with Crippen LogP contribution in [0.15, 0.2) is 35.4 Å². The van der Waals surface area contributed by atoms with Crippen LogP contribution in [-0.2, 0) is 12.7 Å². The molecule has 1 aliphatic rings. The summed E-state index contributed by atoms with van der Waals surface area (Å²) in [5.41, 5.74) is -1.57. The van der Waals surface area contributed by atoms with E-state index in [0.717, 1.165) is 25.7 Å². The number of hydrogen-bond acceptors (Lipinski definition) is 8. The molecule has 0 spiro atoms. The molecule has 1 aromatic carbocycles. The zero-order valence-corrected chi connectivity index (χ0v) is 23.0. The largest absolute Gasteiger partial charge is 0.485 e. The van der Waals surface area contributed by atoms with Gasteiger partial charge in [-0.05, 0) is 37.2 Å². The van der Waals surface area contributed by atoms with Crippen molar-refractivity contribution in [2.75, 3.05) is 56.6 Å². The lowest BCUT2D eigenvalue weighted by molar-refractivity contribution is -0.138. The van der Waals surface area contributed by atoms with Crippen LogP contribution in [-0.4, -0.2) is 81.8 Å². The third-order valence-corrected chi connectivity index (χ3v) is 6.76. The van der Waals surface area contributed by atoms with Gasteiger partial charge in [0.15, 0.2) is 11.6 Å². The second-order valence-electron chi connectivity index (χ2n) is 9.62. The third kappa shape index (κ3) is 7.60. The fourth-order valence-corrected chi connectivity index (χ4v) is 4.47. The van der Waals surface area contributed by atoms with Crippen LogP contribution < -0.4 is 20.9 Å². The number of piperazine rings is 1. The van der Waals surface area contributed by atoms with Crippen LogP contribution in [0.1, 0.15) is 23.7 Å². The Hall–Kier alpha value is -4.08. The van der Waals surface area contributed by atoms with E-state index in [9.17, 15) is 27.2 Å². The molecule has 4 N–H and O–H groups in total. The minimum atomic E-state index is -4.76. The van der Waals surface area contributed by atoms with Crippen molar-refractivity contribution in [1.82, 2.24) is 24.8 Å². The van der Waals surface area contributed by atoms with Crippen LogP contribution in [0.25, 0.3) is 11.4 Å². The van der Waals surface area contributed by atoms with Crippen molar-refractivity contribution in [3.63, 3.8) is 0 Å². The number of ether oxygens (including phenoxy) is 1. The maximum absolute atomic E-state index is 14.9. The predicted molar refractivity (Wildman–Crippen MR) is 147 cm³/mol. The number of amides is 2. The van der Waals surface area contributed by atoms with E-state index in [1.807, 2.05) is 11.8 Å². The van der Waals surface area contributed by atoms with Crippen LogP contribution >= 0.6 is 0 Å². The van der Waals surface area contributed by atoms with Gasteiger partial charge in [-0.25, -0.2) is 19.2 Å². The predicted octanol–water partition coefficient (Wildman–Crippen LogP) is 3.45. The Bertz CT molecular complexity index is 1470. The van der Waals surface area contributed by atoms with E-state index in [-0.39, 0.29) is 48.3 Å².